The molecule has 1 heterocycles. The van der Waals surface area contributed by atoms with Crippen LogP contribution in [0.2, 0.25) is 0 Å². The van der Waals surface area contributed by atoms with Crippen molar-refractivity contribution < 1.29 is 23.1 Å². The van der Waals surface area contributed by atoms with E-state index in [1.807, 2.05) is 0 Å². The summed E-state index contributed by atoms with van der Waals surface area (Å²) >= 11 is 0. The first-order valence-corrected chi connectivity index (χ1v) is 5.46. The highest BCUT2D eigenvalue weighted by atomic mass is 19.4. The lowest BCUT2D eigenvalue weighted by atomic mass is 10.1. The number of pyridine rings is 1. The lowest BCUT2D eigenvalue weighted by Gasteiger charge is -2.09. The van der Waals surface area contributed by atoms with Crippen LogP contribution in [0.3, 0.4) is 0 Å². The van der Waals surface area contributed by atoms with Crippen LogP contribution in [0.1, 0.15) is 16.8 Å². The molecule has 0 amide bonds. The number of fused-ring (bicyclic) bond motifs is 1. The Hall–Kier alpha value is -2.11. The van der Waals surface area contributed by atoms with Crippen LogP contribution in [-0.2, 0) is 17.4 Å². The second-order valence-electron chi connectivity index (χ2n) is 4.23. The Bertz CT molecular complexity index is 650. The predicted molar refractivity (Wildman–Crippen MR) is 62.8 cm³/mol. The SMILES string of the molecule is Cc1cc(CC(=O)O)nc2cc(C(F)(F)F)ccc12. The van der Waals surface area contributed by atoms with Crippen LogP contribution < -0.4 is 0 Å². The number of carbonyl (C=O) groups is 1. The lowest BCUT2D eigenvalue weighted by molar-refractivity contribution is -0.138. The molecule has 0 atom stereocenters. The van der Waals surface area contributed by atoms with Crippen molar-refractivity contribution in [3.63, 3.8) is 0 Å². The number of benzene rings is 1. The molecule has 19 heavy (non-hydrogen) atoms. The standard InChI is InChI=1S/C13H10F3NO2/c1-7-4-9(6-12(18)19)17-11-5-8(13(14,15)16)2-3-10(7)11/h2-5H,6H2,1H3,(H,18,19). The molecule has 3 nitrogen and oxygen atoms in total. The van der Waals surface area contributed by atoms with Gasteiger partial charge in [-0.05, 0) is 30.7 Å². The molecule has 100 valence electrons. The maximum absolute atomic E-state index is 12.6. The first-order chi connectivity index (χ1) is 8.77. The Balaban J connectivity index is 2.59. The Morgan fingerprint density at radius 2 is 2.00 bits per heavy atom. The Kier molecular flexibility index (Phi) is 3.18. The fourth-order valence-corrected chi connectivity index (χ4v) is 1.89. The molecular weight excluding hydrogens is 259 g/mol. The van der Waals surface area contributed by atoms with Crippen LogP contribution in [-0.4, -0.2) is 16.1 Å². The molecule has 2 aromatic rings. The number of carboxylic acids is 1. The maximum Gasteiger partial charge on any atom is 0.416 e. The summed E-state index contributed by atoms with van der Waals surface area (Å²) in [5, 5.41) is 9.28. The van der Waals surface area contributed by atoms with E-state index < -0.39 is 17.7 Å². The molecule has 0 saturated carbocycles. The van der Waals surface area contributed by atoms with Crippen molar-refractivity contribution in [3.05, 3.63) is 41.1 Å². The summed E-state index contributed by atoms with van der Waals surface area (Å²) < 4.78 is 37.8. The molecule has 1 aromatic heterocycles. The van der Waals surface area contributed by atoms with Crippen molar-refractivity contribution in [2.45, 2.75) is 19.5 Å². The van der Waals surface area contributed by atoms with Gasteiger partial charge in [-0.15, -0.1) is 0 Å². The Labute approximate surface area is 106 Å². The fraction of sp³-hybridized carbons (Fsp3) is 0.231. The van der Waals surface area contributed by atoms with E-state index in [2.05, 4.69) is 4.98 Å². The van der Waals surface area contributed by atoms with Crippen LogP contribution in [0, 0.1) is 6.92 Å². The molecule has 0 spiro atoms. The van der Waals surface area contributed by atoms with E-state index >= 15 is 0 Å². The molecule has 0 fully saturated rings. The molecule has 0 aliphatic heterocycles. The van der Waals surface area contributed by atoms with Crippen LogP contribution in [0.5, 0.6) is 0 Å². The van der Waals surface area contributed by atoms with E-state index in [-0.39, 0.29) is 17.6 Å². The van der Waals surface area contributed by atoms with E-state index in [1.165, 1.54) is 6.07 Å². The highest BCUT2D eigenvalue weighted by Crippen LogP contribution is 2.31. The van der Waals surface area contributed by atoms with Crippen LogP contribution in [0.4, 0.5) is 13.2 Å². The second-order valence-corrected chi connectivity index (χ2v) is 4.23. The number of aryl methyl sites for hydroxylation is 1. The molecule has 0 bridgehead atoms. The topological polar surface area (TPSA) is 50.2 Å². The number of alkyl halides is 3. The van der Waals surface area contributed by atoms with Gasteiger partial charge in [0.2, 0.25) is 0 Å². The summed E-state index contributed by atoms with van der Waals surface area (Å²) in [6, 6.07) is 4.86. The lowest BCUT2D eigenvalue weighted by Crippen LogP contribution is -2.06. The van der Waals surface area contributed by atoms with E-state index in [9.17, 15) is 18.0 Å². The van der Waals surface area contributed by atoms with Gasteiger partial charge in [0.05, 0.1) is 23.2 Å². The Morgan fingerprint density at radius 3 is 2.58 bits per heavy atom. The predicted octanol–water partition coefficient (Wildman–Crippen LogP) is 3.19. The van der Waals surface area contributed by atoms with E-state index in [0.717, 1.165) is 12.1 Å². The number of aromatic nitrogens is 1. The van der Waals surface area contributed by atoms with Crippen molar-refractivity contribution in [1.29, 1.82) is 0 Å². The number of halogens is 3. The van der Waals surface area contributed by atoms with Crippen molar-refractivity contribution >= 4 is 16.9 Å². The summed E-state index contributed by atoms with van der Waals surface area (Å²) in [6.07, 6.45) is -4.75. The number of hydrogen-bond donors (Lipinski definition) is 1. The summed E-state index contributed by atoms with van der Waals surface area (Å²) in [4.78, 5) is 14.6. The first kappa shape index (κ1) is 13.3. The highest BCUT2D eigenvalue weighted by molar-refractivity contribution is 5.83. The number of nitrogens with zero attached hydrogens (tertiary/aromatic N) is 1. The molecule has 0 aliphatic rings. The van der Waals surface area contributed by atoms with Crippen LogP contribution in [0.25, 0.3) is 10.9 Å². The van der Waals surface area contributed by atoms with Gasteiger partial charge in [0, 0.05) is 5.39 Å². The largest absolute Gasteiger partial charge is 0.481 e. The van der Waals surface area contributed by atoms with Gasteiger partial charge in [-0.2, -0.15) is 13.2 Å². The number of aliphatic carboxylic acids is 1. The highest BCUT2D eigenvalue weighted by Gasteiger charge is 2.30. The zero-order valence-corrected chi connectivity index (χ0v) is 9.95. The number of rotatable bonds is 2. The summed E-state index contributed by atoms with van der Waals surface area (Å²) in [7, 11) is 0. The van der Waals surface area contributed by atoms with Crippen molar-refractivity contribution in [3.8, 4) is 0 Å². The molecule has 0 unspecified atom stereocenters. The third-order valence-corrected chi connectivity index (χ3v) is 2.73. The van der Waals surface area contributed by atoms with Gasteiger partial charge in [-0.3, -0.25) is 9.78 Å². The van der Waals surface area contributed by atoms with Gasteiger partial charge in [0.1, 0.15) is 0 Å². The molecule has 0 radical (unpaired) electrons. The number of carboxylic acid groups (broad SMARTS) is 1. The molecule has 2 rings (SSSR count). The van der Waals surface area contributed by atoms with Gasteiger partial charge >= 0.3 is 12.1 Å². The smallest absolute Gasteiger partial charge is 0.416 e. The molecule has 0 aliphatic carbocycles. The van der Waals surface area contributed by atoms with Crippen LogP contribution in [0.15, 0.2) is 24.3 Å². The zero-order valence-electron chi connectivity index (χ0n) is 9.95. The van der Waals surface area contributed by atoms with Crippen molar-refractivity contribution in [1.82, 2.24) is 4.98 Å². The van der Waals surface area contributed by atoms with E-state index in [0.29, 0.717) is 10.9 Å². The molecule has 6 heteroatoms. The third kappa shape index (κ3) is 2.83. The Morgan fingerprint density at radius 1 is 1.32 bits per heavy atom. The summed E-state index contributed by atoms with van der Waals surface area (Å²) in [5.41, 5.74) is 0.317. The minimum atomic E-state index is -4.44. The third-order valence-electron chi connectivity index (χ3n) is 2.73. The quantitative estimate of drug-likeness (QED) is 0.910. The monoisotopic (exact) mass is 269 g/mol. The normalized spacial score (nSPS) is 11.8. The fourth-order valence-electron chi connectivity index (χ4n) is 1.89. The molecule has 1 N–H and O–H groups in total. The minimum absolute atomic E-state index is 0.158. The van der Waals surface area contributed by atoms with Gasteiger partial charge in [-0.25, -0.2) is 0 Å². The van der Waals surface area contributed by atoms with Gasteiger partial charge in [0.15, 0.2) is 0 Å². The average Bonchev–Trinajstić information content (AvgIpc) is 2.26. The average molecular weight is 269 g/mol. The maximum atomic E-state index is 12.6. The molecule has 0 saturated heterocycles. The summed E-state index contributed by atoms with van der Waals surface area (Å²) in [5.74, 6) is -1.07. The molecule has 1 aromatic carbocycles. The minimum Gasteiger partial charge on any atom is -0.481 e. The van der Waals surface area contributed by atoms with Crippen molar-refractivity contribution in [2.24, 2.45) is 0 Å². The van der Waals surface area contributed by atoms with Crippen molar-refractivity contribution in [2.75, 3.05) is 0 Å². The van der Waals surface area contributed by atoms with E-state index in [1.54, 1.807) is 13.0 Å². The van der Waals surface area contributed by atoms with E-state index in [4.69, 9.17) is 5.11 Å². The van der Waals surface area contributed by atoms with Gasteiger partial charge in [0.25, 0.3) is 0 Å². The summed E-state index contributed by atoms with van der Waals surface area (Å²) in [6.45, 7) is 1.71. The van der Waals surface area contributed by atoms with Crippen LogP contribution >= 0.6 is 0 Å². The first-order valence-electron chi connectivity index (χ1n) is 5.46. The molecular formula is C13H10F3NO2. The second kappa shape index (κ2) is 4.53. The number of hydrogen-bond acceptors (Lipinski definition) is 2. The van der Waals surface area contributed by atoms with Gasteiger partial charge < -0.3 is 5.11 Å². The van der Waals surface area contributed by atoms with Gasteiger partial charge in [-0.1, -0.05) is 6.07 Å². The zero-order chi connectivity index (χ0) is 14.2.